The Labute approximate surface area is 201 Å². The number of carbonyl (C=O) groups excluding carboxylic acids is 3. The molecule has 0 radical (unpaired) electrons. The number of carbonyl (C=O) groups is 3. The van der Waals surface area contributed by atoms with Crippen molar-refractivity contribution in [3.05, 3.63) is 35.2 Å². The Morgan fingerprint density at radius 1 is 1.20 bits per heavy atom. The van der Waals surface area contributed by atoms with Gasteiger partial charge in [0.15, 0.2) is 5.82 Å². The number of rotatable bonds is 1. The first-order valence-corrected chi connectivity index (χ1v) is 11.7. The summed E-state index contributed by atoms with van der Waals surface area (Å²) in [6.45, 7) is 6.47. The molecule has 35 heavy (non-hydrogen) atoms. The monoisotopic (exact) mass is 480 g/mol. The highest BCUT2D eigenvalue weighted by Crippen LogP contribution is 2.39. The lowest BCUT2D eigenvalue weighted by Gasteiger charge is -2.27. The lowest BCUT2D eigenvalue weighted by Crippen LogP contribution is -2.48. The fourth-order valence-corrected chi connectivity index (χ4v) is 5.42. The molecule has 2 unspecified atom stereocenters. The highest BCUT2D eigenvalue weighted by atomic mass is 16.7. The van der Waals surface area contributed by atoms with Crippen LogP contribution in [-0.2, 0) is 27.2 Å². The van der Waals surface area contributed by atoms with Crippen molar-refractivity contribution in [1.82, 2.24) is 30.6 Å². The Bertz CT molecular complexity index is 1280. The Kier molecular flexibility index (Phi) is 4.36. The van der Waals surface area contributed by atoms with E-state index in [0.29, 0.717) is 43.9 Å². The minimum Gasteiger partial charge on any atom is -0.444 e. The van der Waals surface area contributed by atoms with Gasteiger partial charge in [0.25, 0.3) is 5.91 Å². The molecule has 11 nitrogen and oxygen atoms in total. The molecule has 0 bridgehead atoms. The van der Waals surface area contributed by atoms with Crippen molar-refractivity contribution in [2.45, 2.75) is 56.8 Å². The van der Waals surface area contributed by atoms with Crippen LogP contribution in [0.25, 0.3) is 16.7 Å². The summed E-state index contributed by atoms with van der Waals surface area (Å²) < 4.78 is 5.49. The molecule has 11 heteroatoms. The van der Waals surface area contributed by atoms with Crippen molar-refractivity contribution in [3.63, 3.8) is 0 Å². The zero-order chi connectivity index (χ0) is 24.8. The number of fused-ring (bicyclic) bond motifs is 2. The summed E-state index contributed by atoms with van der Waals surface area (Å²) in [5, 5.41) is 2.42. The molecule has 2 atom stereocenters. The van der Waals surface area contributed by atoms with Crippen LogP contribution in [0.2, 0.25) is 0 Å². The molecule has 4 amide bonds. The number of imidazole rings is 1. The van der Waals surface area contributed by atoms with E-state index in [1.807, 2.05) is 39.0 Å². The Morgan fingerprint density at radius 2 is 1.94 bits per heavy atom. The van der Waals surface area contributed by atoms with Crippen molar-refractivity contribution < 1.29 is 24.0 Å². The quantitative estimate of drug-likeness (QED) is 0.531. The van der Waals surface area contributed by atoms with Crippen LogP contribution in [0.1, 0.15) is 44.1 Å². The van der Waals surface area contributed by atoms with Crippen LogP contribution >= 0.6 is 0 Å². The van der Waals surface area contributed by atoms with Gasteiger partial charge in [0.2, 0.25) is 0 Å². The number of likely N-dealkylation sites (N-methyl/N-ethyl adjacent to an activating group) is 1. The summed E-state index contributed by atoms with van der Waals surface area (Å²) in [5.41, 5.74) is 5.29. The average molecular weight is 481 g/mol. The van der Waals surface area contributed by atoms with Gasteiger partial charge in [-0.25, -0.2) is 14.6 Å². The highest BCUT2D eigenvalue weighted by Gasteiger charge is 2.54. The van der Waals surface area contributed by atoms with Crippen LogP contribution in [0.15, 0.2) is 18.2 Å². The van der Waals surface area contributed by atoms with E-state index < -0.39 is 16.7 Å². The zero-order valence-electron chi connectivity index (χ0n) is 20.2. The number of benzene rings is 1. The molecule has 4 heterocycles. The average Bonchev–Trinajstić information content (AvgIpc) is 3.57. The van der Waals surface area contributed by atoms with E-state index in [1.165, 1.54) is 4.90 Å². The van der Waals surface area contributed by atoms with Crippen LogP contribution in [-0.4, -0.2) is 74.7 Å². The summed E-state index contributed by atoms with van der Waals surface area (Å²) in [4.78, 5) is 54.2. The summed E-state index contributed by atoms with van der Waals surface area (Å²) in [5.74, 6) is 0.384. The minimum absolute atomic E-state index is 0.252. The smallest absolute Gasteiger partial charge is 0.410 e. The van der Waals surface area contributed by atoms with Gasteiger partial charge in [-0.05, 0) is 50.1 Å². The molecule has 2 fully saturated rings. The summed E-state index contributed by atoms with van der Waals surface area (Å²) >= 11 is 0. The number of hydroxylamine groups is 1. The molecule has 2 spiro atoms. The number of imide groups is 1. The Hall–Kier alpha value is -3.60. The fraction of sp³-hybridized carbons (Fsp3) is 0.500. The van der Waals surface area contributed by atoms with Crippen LogP contribution in [0.3, 0.4) is 0 Å². The SMILES string of the molecule is CN1C(=O)NC(=O)C12Cc1cc3nc(C4=CC5(CCN(C(=O)OC(C)(C)C)C5)ON4)[nH]c3cc1C2. The maximum atomic E-state index is 12.5. The normalized spacial score (nSPS) is 25.0. The molecule has 1 aromatic heterocycles. The molecule has 3 aliphatic heterocycles. The molecular formula is C24H28N6O5. The van der Waals surface area contributed by atoms with Crippen LogP contribution < -0.4 is 10.8 Å². The molecule has 6 rings (SSSR count). The molecule has 184 valence electrons. The van der Waals surface area contributed by atoms with Gasteiger partial charge in [-0.3, -0.25) is 20.4 Å². The lowest BCUT2D eigenvalue weighted by atomic mass is 9.95. The number of hydrogen-bond donors (Lipinski definition) is 3. The largest absolute Gasteiger partial charge is 0.444 e. The van der Waals surface area contributed by atoms with Crippen LogP contribution in [0.4, 0.5) is 9.59 Å². The van der Waals surface area contributed by atoms with E-state index in [9.17, 15) is 14.4 Å². The standard InChI is InChI=1S/C24H28N6O5/c1-22(2,3)34-21(33)30-6-5-23(12-30)11-17(28-35-23)18-25-15-7-13-9-24(10-14(13)8-16(15)26-18)19(31)27-20(32)29(24)4/h7-8,11,28H,5-6,9-10,12H2,1-4H3,(H,25,26)(H,27,31,32). The molecule has 2 saturated heterocycles. The number of ether oxygens (including phenoxy) is 1. The molecule has 4 aliphatic rings. The van der Waals surface area contributed by atoms with Gasteiger partial charge < -0.3 is 19.5 Å². The van der Waals surface area contributed by atoms with Crippen LogP contribution in [0.5, 0.6) is 0 Å². The minimum atomic E-state index is -0.862. The van der Waals surface area contributed by atoms with Gasteiger partial charge in [-0.1, -0.05) is 0 Å². The third kappa shape index (κ3) is 3.36. The van der Waals surface area contributed by atoms with E-state index in [1.54, 1.807) is 11.9 Å². The second kappa shape index (κ2) is 6.97. The molecule has 2 aromatic rings. The van der Waals surface area contributed by atoms with Crippen molar-refractivity contribution in [3.8, 4) is 0 Å². The number of H-pyrrole nitrogens is 1. The predicted molar refractivity (Wildman–Crippen MR) is 125 cm³/mol. The predicted octanol–water partition coefficient (Wildman–Crippen LogP) is 1.84. The van der Waals surface area contributed by atoms with Crippen LogP contribution in [0, 0.1) is 0 Å². The van der Waals surface area contributed by atoms with Gasteiger partial charge in [-0.15, -0.1) is 0 Å². The van der Waals surface area contributed by atoms with E-state index in [0.717, 1.165) is 22.2 Å². The third-order valence-corrected chi connectivity index (χ3v) is 7.30. The highest BCUT2D eigenvalue weighted by molar-refractivity contribution is 6.07. The van der Waals surface area contributed by atoms with Gasteiger partial charge in [0.05, 0.1) is 17.6 Å². The first-order chi connectivity index (χ1) is 16.5. The second-order valence-corrected chi connectivity index (χ2v) is 10.9. The molecule has 1 aromatic carbocycles. The Morgan fingerprint density at radius 3 is 2.63 bits per heavy atom. The van der Waals surface area contributed by atoms with Crippen molar-refractivity contribution in [1.29, 1.82) is 0 Å². The molecular weight excluding hydrogens is 452 g/mol. The summed E-state index contributed by atoms with van der Waals surface area (Å²) in [7, 11) is 1.66. The van der Waals surface area contributed by atoms with E-state index >= 15 is 0 Å². The topological polar surface area (TPSA) is 129 Å². The third-order valence-electron chi connectivity index (χ3n) is 7.30. The number of nitrogens with one attached hydrogen (secondary N) is 3. The van der Waals surface area contributed by atoms with E-state index in [-0.39, 0.29) is 18.0 Å². The van der Waals surface area contributed by atoms with E-state index in [4.69, 9.17) is 14.6 Å². The maximum Gasteiger partial charge on any atom is 0.410 e. The zero-order valence-corrected chi connectivity index (χ0v) is 20.2. The van der Waals surface area contributed by atoms with Gasteiger partial charge in [0.1, 0.15) is 22.4 Å². The van der Waals surface area contributed by atoms with Gasteiger partial charge in [0, 0.05) is 32.9 Å². The molecule has 3 N–H and O–H groups in total. The second-order valence-electron chi connectivity index (χ2n) is 10.9. The Balaban J connectivity index is 1.23. The van der Waals surface area contributed by atoms with E-state index in [2.05, 4.69) is 15.8 Å². The number of urea groups is 1. The lowest BCUT2D eigenvalue weighted by molar-refractivity contribution is -0.125. The number of likely N-dealkylation sites (tertiary alicyclic amines) is 1. The van der Waals surface area contributed by atoms with Gasteiger partial charge >= 0.3 is 12.1 Å². The maximum absolute atomic E-state index is 12.5. The number of nitrogens with zero attached hydrogens (tertiary/aromatic N) is 3. The number of aromatic amines is 1. The van der Waals surface area contributed by atoms with Crippen molar-refractivity contribution in [2.24, 2.45) is 0 Å². The molecule has 1 aliphatic carbocycles. The fourth-order valence-electron chi connectivity index (χ4n) is 5.42. The number of hydrogen-bond acceptors (Lipinski definition) is 7. The van der Waals surface area contributed by atoms with Gasteiger partial charge in [-0.2, -0.15) is 0 Å². The first kappa shape index (κ1) is 21.9. The first-order valence-electron chi connectivity index (χ1n) is 11.7. The van der Waals surface area contributed by atoms with Crippen molar-refractivity contribution >= 4 is 34.8 Å². The number of aromatic nitrogens is 2. The molecule has 0 saturated carbocycles. The number of amides is 4. The van der Waals surface area contributed by atoms with Crippen molar-refractivity contribution in [2.75, 3.05) is 20.1 Å². The summed E-state index contributed by atoms with van der Waals surface area (Å²) in [6, 6.07) is 3.63. The summed E-state index contributed by atoms with van der Waals surface area (Å²) in [6.07, 6.45) is 3.20.